The van der Waals surface area contributed by atoms with Crippen molar-refractivity contribution in [3.8, 4) is 5.69 Å². The maximum Gasteiger partial charge on any atom is 0.259 e. The number of hydrogen-bond donors (Lipinski definition) is 1. The summed E-state index contributed by atoms with van der Waals surface area (Å²) in [5.74, 6) is 0. The smallest absolute Gasteiger partial charge is 0.259 e. The van der Waals surface area contributed by atoms with Crippen LogP contribution in [0.4, 0.5) is 0 Å². The van der Waals surface area contributed by atoms with Crippen LogP contribution in [-0.4, -0.2) is 14.8 Å². The first-order valence-corrected chi connectivity index (χ1v) is 7.05. The number of aromatic amines is 1. The summed E-state index contributed by atoms with van der Waals surface area (Å²) in [6.07, 6.45) is 1.62. The Morgan fingerprint density at radius 3 is 2.43 bits per heavy atom. The predicted molar refractivity (Wildman–Crippen MR) is 85.1 cm³/mol. The van der Waals surface area contributed by atoms with Gasteiger partial charge in [0.25, 0.3) is 5.56 Å². The van der Waals surface area contributed by atoms with Gasteiger partial charge in [-0.05, 0) is 36.1 Å². The Bertz CT molecular complexity index is 848. The lowest BCUT2D eigenvalue weighted by atomic mass is 9.87. The van der Waals surface area contributed by atoms with Crippen LogP contribution < -0.4 is 5.56 Å². The van der Waals surface area contributed by atoms with Crippen LogP contribution in [0.3, 0.4) is 0 Å². The Kier molecular flexibility index (Phi) is 2.97. The summed E-state index contributed by atoms with van der Waals surface area (Å²) in [5.41, 5.74) is 3.93. The van der Waals surface area contributed by atoms with Gasteiger partial charge >= 0.3 is 0 Å². The van der Waals surface area contributed by atoms with Crippen LogP contribution >= 0.6 is 0 Å². The number of nitrogens with one attached hydrogen (secondary N) is 1. The zero-order valence-electron chi connectivity index (χ0n) is 12.8. The molecule has 108 valence electrons. The van der Waals surface area contributed by atoms with Gasteiger partial charge in [0.1, 0.15) is 0 Å². The average Bonchev–Trinajstić information content (AvgIpc) is 2.82. The zero-order valence-corrected chi connectivity index (χ0v) is 12.8. The normalized spacial score (nSPS) is 12.0. The number of aryl methyl sites for hydroxylation is 1. The Morgan fingerprint density at radius 2 is 1.81 bits per heavy atom. The molecule has 3 aromatic rings. The standard InChI is InChI=1S/C17H19N3O/c1-11-9-15-14(16(21)19-11)10-18-20(15)13-7-5-12(6-8-13)17(2,3)4/h5-10H,1-4H3,(H,19,21). The summed E-state index contributed by atoms with van der Waals surface area (Å²) in [4.78, 5) is 14.7. The van der Waals surface area contributed by atoms with Crippen LogP contribution in [0.15, 0.2) is 41.3 Å². The molecule has 0 spiro atoms. The second kappa shape index (κ2) is 4.58. The van der Waals surface area contributed by atoms with Crippen molar-refractivity contribution in [2.75, 3.05) is 0 Å². The number of rotatable bonds is 1. The molecular weight excluding hydrogens is 262 g/mol. The minimum absolute atomic E-state index is 0.0949. The van der Waals surface area contributed by atoms with E-state index in [2.05, 4.69) is 43.0 Å². The van der Waals surface area contributed by atoms with Crippen LogP contribution in [0.25, 0.3) is 16.6 Å². The lowest BCUT2D eigenvalue weighted by Crippen LogP contribution is -2.11. The van der Waals surface area contributed by atoms with Gasteiger partial charge in [0, 0.05) is 5.69 Å². The fourth-order valence-electron chi connectivity index (χ4n) is 2.47. The van der Waals surface area contributed by atoms with E-state index in [9.17, 15) is 4.79 Å². The maximum absolute atomic E-state index is 11.9. The van der Waals surface area contributed by atoms with E-state index in [1.54, 1.807) is 6.20 Å². The van der Waals surface area contributed by atoms with Gasteiger partial charge in [0.15, 0.2) is 0 Å². The molecule has 0 fully saturated rings. The van der Waals surface area contributed by atoms with E-state index in [0.717, 1.165) is 16.9 Å². The molecular formula is C17H19N3O. The Morgan fingerprint density at radius 1 is 1.14 bits per heavy atom. The van der Waals surface area contributed by atoms with Gasteiger partial charge in [0.2, 0.25) is 0 Å². The Hall–Kier alpha value is -2.36. The van der Waals surface area contributed by atoms with Crippen molar-refractivity contribution < 1.29 is 0 Å². The molecule has 0 unspecified atom stereocenters. The summed E-state index contributed by atoms with van der Waals surface area (Å²) in [6.45, 7) is 8.44. The Labute approximate surface area is 123 Å². The fourth-order valence-corrected chi connectivity index (χ4v) is 2.47. The third-order valence-corrected chi connectivity index (χ3v) is 3.69. The van der Waals surface area contributed by atoms with Crippen LogP contribution in [0.5, 0.6) is 0 Å². The molecule has 1 N–H and O–H groups in total. The van der Waals surface area contributed by atoms with Crippen LogP contribution in [-0.2, 0) is 5.41 Å². The van der Waals surface area contributed by atoms with Gasteiger partial charge in [-0.15, -0.1) is 0 Å². The molecule has 0 aliphatic heterocycles. The van der Waals surface area contributed by atoms with Gasteiger partial charge < -0.3 is 4.98 Å². The molecule has 0 saturated carbocycles. The highest BCUT2D eigenvalue weighted by atomic mass is 16.1. The lowest BCUT2D eigenvalue weighted by Gasteiger charge is -2.19. The van der Waals surface area contributed by atoms with Crippen LogP contribution in [0, 0.1) is 6.92 Å². The quantitative estimate of drug-likeness (QED) is 0.744. The number of H-pyrrole nitrogens is 1. The first-order chi connectivity index (χ1) is 9.86. The van der Waals surface area contributed by atoms with E-state index >= 15 is 0 Å². The molecule has 0 aliphatic rings. The molecule has 0 atom stereocenters. The molecule has 21 heavy (non-hydrogen) atoms. The second-order valence-corrected chi connectivity index (χ2v) is 6.43. The van der Waals surface area contributed by atoms with Gasteiger partial charge in [-0.2, -0.15) is 5.10 Å². The minimum atomic E-state index is -0.0949. The topological polar surface area (TPSA) is 50.7 Å². The van der Waals surface area contributed by atoms with Crippen molar-refractivity contribution >= 4 is 10.9 Å². The summed E-state index contributed by atoms with van der Waals surface area (Å²) in [5, 5.41) is 4.97. The highest BCUT2D eigenvalue weighted by molar-refractivity contribution is 5.79. The van der Waals surface area contributed by atoms with E-state index in [1.165, 1.54) is 5.56 Å². The second-order valence-electron chi connectivity index (χ2n) is 6.43. The Balaban J connectivity index is 2.15. The number of nitrogens with zero attached hydrogens (tertiary/aromatic N) is 2. The van der Waals surface area contributed by atoms with Crippen molar-refractivity contribution in [1.29, 1.82) is 0 Å². The highest BCUT2D eigenvalue weighted by Gasteiger charge is 2.14. The predicted octanol–water partition coefficient (Wildman–Crippen LogP) is 3.32. The molecule has 0 aliphatic carbocycles. The molecule has 0 radical (unpaired) electrons. The monoisotopic (exact) mass is 281 g/mol. The maximum atomic E-state index is 11.9. The van der Waals surface area contributed by atoms with Crippen molar-refractivity contribution in [3.05, 3.63) is 58.1 Å². The van der Waals surface area contributed by atoms with Gasteiger partial charge in [-0.25, -0.2) is 4.68 Å². The molecule has 4 nitrogen and oxygen atoms in total. The van der Waals surface area contributed by atoms with Gasteiger partial charge in [-0.1, -0.05) is 32.9 Å². The van der Waals surface area contributed by atoms with E-state index in [4.69, 9.17) is 0 Å². The molecule has 3 rings (SSSR count). The molecule has 0 bridgehead atoms. The first kappa shape index (κ1) is 13.6. The van der Waals surface area contributed by atoms with E-state index in [0.29, 0.717) is 5.39 Å². The fraction of sp³-hybridized carbons (Fsp3) is 0.294. The summed E-state index contributed by atoms with van der Waals surface area (Å²) < 4.78 is 1.81. The number of benzene rings is 1. The molecule has 0 saturated heterocycles. The van der Waals surface area contributed by atoms with E-state index in [-0.39, 0.29) is 11.0 Å². The summed E-state index contributed by atoms with van der Waals surface area (Å²) >= 11 is 0. The largest absolute Gasteiger partial charge is 0.326 e. The third-order valence-electron chi connectivity index (χ3n) is 3.69. The number of hydrogen-bond acceptors (Lipinski definition) is 2. The highest BCUT2D eigenvalue weighted by Crippen LogP contribution is 2.24. The van der Waals surface area contributed by atoms with Crippen molar-refractivity contribution in [2.24, 2.45) is 0 Å². The van der Waals surface area contributed by atoms with E-state index in [1.807, 2.05) is 29.8 Å². The molecule has 2 heterocycles. The van der Waals surface area contributed by atoms with Crippen LogP contribution in [0.1, 0.15) is 32.0 Å². The summed E-state index contributed by atoms with van der Waals surface area (Å²) in [6, 6.07) is 10.3. The van der Waals surface area contributed by atoms with Gasteiger partial charge in [-0.3, -0.25) is 4.79 Å². The number of aromatic nitrogens is 3. The minimum Gasteiger partial charge on any atom is -0.326 e. The van der Waals surface area contributed by atoms with Crippen LogP contribution in [0.2, 0.25) is 0 Å². The average molecular weight is 281 g/mol. The molecule has 1 aromatic carbocycles. The SMILES string of the molecule is Cc1cc2c(cnn2-c2ccc(C(C)(C)C)cc2)c(=O)[nH]1. The number of fused-ring (bicyclic) bond motifs is 1. The van der Waals surface area contributed by atoms with Crippen molar-refractivity contribution in [2.45, 2.75) is 33.1 Å². The van der Waals surface area contributed by atoms with Crippen molar-refractivity contribution in [3.63, 3.8) is 0 Å². The summed E-state index contributed by atoms with van der Waals surface area (Å²) in [7, 11) is 0. The van der Waals surface area contributed by atoms with Crippen molar-refractivity contribution in [1.82, 2.24) is 14.8 Å². The zero-order chi connectivity index (χ0) is 15.2. The van der Waals surface area contributed by atoms with Gasteiger partial charge in [0.05, 0.1) is 22.8 Å². The molecule has 4 heteroatoms. The first-order valence-electron chi connectivity index (χ1n) is 7.05. The molecule has 2 aromatic heterocycles. The van der Waals surface area contributed by atoms with E-state index < -0.39 is 0 Å². The third kappa shape index (κ3) is 2.37. The lowest BCUT2D eigenvalue weighted by molar-refractivity contribution is 0.590. The number of pyridine rings is 1. The molecule has 0 amide bonds.